The fraction of sp³-hybridized carbons (Fsp3) is 0.139. The molecule has 0 fully saturated rings. The number of non-ortho nitro benzene ring substituents is 1. The van der Waals surface area contributed by atoms with E-state index in [1.807, 2.05) is 54.6 Å². The smallest absolute Gasteiger partial charge is 0.338 e. The number of esters is 1. The van der Waals surface area contributed by atoms with Crippen molar-refractivity contribution >= 4 is 50.7 Å². The predicted molar refractivity (Wildman–Crippen MR) is 186 cm³/mol. The van der Waals surface area contributed by atoms with Crippen molar-refractivity contribution in [3.63, 3.8) is 0 Å². The van der Waals surface area contributed by atoms with E-state index in [4.69, 9.17) is 19.2 Å². The molecule has 0 N–H and O–H groups in total. The molecule has 0 bridgehead atoms. The highest BCUT2D eigenvalue weighted by Crippen LogP contribution is 2.36. The second kappa shape index (κ2) is 14.2. The topological polar surface area (TPSA) is 122 Å². The Morgan fingerprint density at radius 2 is 1.81 bits per heavy atom. The number of benzene rings is 4. The average Bonchev–Trinajstić information content (AvgIpc) is 3.41. The third-order valence-electron chi connectivity index (χ3n) is 7.58. The molecule has 48 heavy (non-hydrogen) atoms. The molecule has 0 amide bonds. The number of ether oxygens (including phenoxy) is 3. The fourth-order valence-corrected chi connectivity index (χ4v) is 6.72. The molecule has 6 rings (SSSR count). The maximum Gasteiger partial charge on any atom is 0.338 e. The molecule has 1 atom stereocenters. The number of thiazole rings is 1. The lowest BCUT2D eigenvalue weighted by atomic mass is 9.93. The molecular formula is C36H28BrN3O7S. The fourth-order valence-electron chi connectivity index (χ4n) is 5.35. The van der Waals surface area contributed by atoms with Gasteiger partial charge < -0.3 is 14.2 Å². The van der Waals surface area contributed by atoms with Gasteiger partial charge in [0.25, 0.3) is 11.2 Å². The molecule has 0 unspecified atom stereocenters. The SMILES string of the molecule is CCOC(=O)C1=C(c2ccccc2)N=c2s/c(=C\c3cc(Br)ccc3OCc3ccc([N+](=O)[O-])cc3)c(=O)n2[C@@H]1c1cccc(OC)c1. The van der Waals surface area contributed by atoms with Crippen LogP contribution in [0.15, 0.2) is 117 Å². The number of aromatic nitrogens is 1. The van der Waals surface area contributed by atoms with Gasteiger partial charge in [-0.15, -0.1) is 0 Å². The number of carbonyl (C=O) groups excluding carboxylic acids is 1. The van der Waals surface area contributed by atoms with E-state index < -0.39 is 16.9 Å². The quantitative estimate of drug-likeness (QED) is 0.0956. The van der Waals surface area contributed by atoms with Crippen LogP contribution in [0, 0.1) is 10.1 Å². The molecule has 0 aliphatic carbocycles. The van der Waals surface area contributed by atoms with E-state index in [9.17, 15) is 19.7 Å². The summed E-state index contributed by atoms with van der Waals surface area (Å²) in [4.78, 5) is 44.0. The lowest BCUT2D eigenvalue weighted by Crippen LogP contribution is -2.40. The summed E-state index contributed by atoms with van der Waals surface area (Å²) in [6, 6.07) is 27.3. The van der Waals surface area contributed by atoms with E-state index in [-0.39, 0.29) is 30.0 Å². The zero-order valence-electron chi connectivity index (χ0n) is 25.8. The summed E-state index contributed by atoms with van der Waals surface area (Å²) in [7, 11) is 1.56. The monoisotopic (exact) mass is 725 g/mol. The van der Waals surface area contributed by atoms with Gasteiger partial charge in [0.05, 0.1) is 40.5 Å². The van der Waals surface area contributed by atoms with Gasteiger partial charge in [0, 0.05) is 27.7 Å². The van der Waals surface area contributed by atoms with Crippen molar-refractivity contribution < 1.29 is 23.9 Å². The van der Waals surface area contributed by atoms with E-state index in [1.54, 1.807) is 50.4 Å². The van der Waals surface area contributed by atoms with Gasteiger partial charge in [0.2, 0.25) is 0 Å². The average molecular weight is 727 g/mol. The van der Waals surface area contributed by atoms with E-state index in [1.165, 1.54) is 28.0 Å². The summed E-state index contributed by atoms with van der Waals surface area (Å²) in [5.74, 6) is 0.500. The summed E-state index contributed by atoms with van der Waals surface area (Å²) in [5.41, 5.74) is 3.04. The van der Waals surface area contributed by atoms with Crippen LogP contribution in [-0.4, -0.2) is 29.2 Å². The Hall–Kier alpha value is -5.33. The van der Waals surface area contributed by atoms with Gasteiger partial charge in [-0.3, -0.25) is 19.5 Å². The van der Waals surface area contributed by atoms with Crippen molar-refractivity contribution in [1.29, 1.82) is 0 Å². The molecule has 0 spiro atoms. The zero-order valence-corrected chi connectivity index (χ0v) is 28.2. The van der Waals surface area contributed by atoms with Crippen LogP contribution in [0.1, 0.15) is 35.2 Å². The Bertz CT molecular complexity index is 2230. The summed E-state index contributed by atoms with van der Waals surface area (Å²) in [5, 5.41) is 11.0. The van der Waals surface area contributed by atoms with Crippen LogP contribution in [0.4, 0.5) is 5.69 Å². The summed E-state index contributed by atoms with van der Waals surface area (Å²) < 4.78 is 19.8. The van der Waals surface area contributed by atoms with Crippen molar-refractivity contribution in [3.05, 3.63) is 159 Å². The van der Waals surface area contributed by atoms with Crippen molar-refractivity contribution in [2.24, 2.45) is 4.99 Å². The van der Waals surface area contributed by atoms with Gasteiger partial charge in [-0.25, -0.2) is 9.79 Å². The van der Waals surface area contributed by atoms with E-state index in [0.29, 0.717) is 43.2 Å². The number of nitro groups is 1. The van der Waals surface area contributed by atoms with E-state index in [2.05, 4.69) is 15.9 Å². The molecule has 242 valence electrons. The van der Waals surface area contributed by atoms with Crippen LogP contribution in [0.2, 0.25) is 0 Å². The third kappa shape index (κ3) is 6.71. The van der Waals surface area contributed by atoms with Crippen LogP contribution < -0.4 is 24.4 Å². The standard InChI is InChI=1S/C36H28BrN3O7S/c1-3-46-35(42)31-32(23-8-5-4-6-9-23)38-36-39(33(31)24-10-7-11-28(19-24)45-2)34(41)30(48-36)20-25-18-26(37)14-17-29(25)47-21-22-12-15-27(16-13-22)40(43)44/h4-20,33H,3,21H2,1-2H3/b30-20-/t33-/m1/s1. The molecule has 5 aromatic rings. The highest BCUT2D eigenvalue weighted by Gasteiger charge is 2.35. The maximum atomic E-state index is 14.4. The van der Waals surface area contributed by atoms with Gasteiger partial charge in [-0.05, 0) is 66.6 Å². The summed E-state index contributed by atoms with van der Waals surface area (Å²) in [6.45, 7) is 2.03. The number of nitrogens with zero attached hydrogens (tertiary/aromatic N) is 3. The van der Waals surface area contributed by atoms with E-state index in [0.717, 1.165) is 10.0 Å². The molecule has 10 nitrogen and oxygen atoms in total. The van der Waals surface area contributed by atoms with Crippen molar-refractivity contribution in [3.8, 4) is 11.5 Å². The number of nitro benzene ring substituents is 1. The first kappa shape index (κ1) is 32.6. The number of halogens is 1. The molecule has 0 saturated heterocycles. The van der Waals surface area contributed by atoms with Gasteiger partial charge >= 0.3 is 5.97 Å². The highest BCUT2D eigenvalue weighted by atomic mass is 79.9. The Kier molecular flexibility index (Phi) is 9.65. The first-order valence-corrected chi connectivity index (χ1v) is 16.5. The van der Waals surface area contributed by atoms with Crippen LogP contribution in [0.25, 0.3) is 11.8 Å². The van der Waals surface area contributed by atoms with Crippen molar-refractivity contribution in [2.75, 3.05) is 13.7 Å². The molecule has 4 aromatic carbocycles. The molecule has 1 aliphatic heterocycles. The van der Waals surface area contributed by atoms with Gasteiger partial charge in [-0.2, -0.15) is 0 Å². The molecule has 2 heterocycles. The number of fused-ring (bicyclic) bond motifs is 1. The Morgan fingerprint density at radius 3 is 2.52 bits per heavy atom. The van der Waals surface area contributed by atoms with Gasteiger partial charge in [0.1, 0.15) is 18.1 Å². The van der Waals surface area contributed by atoms with Crippen molar-refractivity contribution in [2.45, 2.75) is 19.6 Å². The molecular weight excluding hydrogens is 698 g/mol. The molecule has 0 radical (unpaired) electrons. The molecule has 12 heteroatoms. The molecule has 1 aromatic heterocycles. The number of methoxy groups -OCH3 is 1. The maximum absolute atomic E-state index is 14.4. The third-order valence-corrected chi connectivity index (χ3v) is 9.06. The lowest BCUT2D eigenvalue weighted by Gasteiger charge is -2.26. The van der Waals surface area contributed by atoms with Gasteiger partial charge in [0.15, 0.2) is 4.80 Å². The predicted octanol–water partition coefficient (Wildman–Crippen LogP) is 6.19. The minimum absolute atomic E-state index is 0.00718. The van der Waals surface area contributed by atoms with Crippen LogP contribution in [-0.2, 0) is 16.1 Å². The van der Waals surface area contributed by atoms with E-state index >= 15 is 0 Å². The van der Waals surface area contributed by atoms with Crippen molar-refractivity contribution in [1.82, 2.24) is 4.57 Å². The molecule has 0 saturated carbocycles. The summed E-state index contributed by atoms with van der Waals surface area (Å²) in [6.07, 6.45) is 1.73. The lowest BCUT2D eigenvalue weighted by molar-refractivity contribution is -0.384. The number of carbonyl (C=O) groups is 1. The minimum atomic E-state index is -0.854. The number of hydrogen-bond acceptors (Lipinski definition) is 9. The van der Waals surface area contributed by atoms with Crippen LogP contribution in [0.3, 0.4) is 0 Å². The first-order valence-electron chi connectivity index (χ1n) is 14.9. The molecule has 1 aliphatic rings. The van der Waals surface area contributed by atoms with Crippen LogP contribution >= 0.6 is 27.3 Å². The normalized spacial score (nSPS) is 14.2. The first-order chi connectivity index (χ1) is 23.3. The highest BCUT2D eigenvalue weighted by molar-refractivity contribution is 9.10. The number of hydrogen-bond donors (Lipinski definition) is 0. The minimum Gasteiger partial charge on any atom is -0.497 e. The Labute approximate surface area is 287 Å². The largest absolute Gasteiger partial charge is 0.497 e. The Morgan fingerprint density at radius 1 is 1.04 bits per heavy atom. The number of rotatable bonds is 10. The summed E-state index contributed by atoms with van der Waals surface area (Å²) >= 11 is 4.72. The zero-order chi connectivity index (χ0) is 33.8. The Balaban J connectivity index is 1.51. The second-order valence-corrected chi connectivity index (χ2v) is 12.5. The van der Waals surface area contributed by atoms with Crippen LogP contribution in [0.5, 0.6) is 11.5 Å². The van der Waals surface area contributed by atoms with Gasteiger partial charge in [-0.1, -0.05) is 69.7 Å². The second-order valence-electron chi connectivity index (χ2n) is 10.6.